The van der Waals surface area contributed by atoms with Crippen LogP contribution >= 0.6 is 24.8 Å². The molecule has 0 atom stereocenters. The fourth-order valence-electron chi connectivity index (χ4n) is 4.03. The number of hydrogen-bond acceptors (Lipinski definition) is 6. The van der Waals surface area contributed by atoms with Gasteiger partial charge in [-0.15, -0.1) is 24.8 Å². The van der Waals surface area contributed by atoms with Crippen LogP contribution in [-0.4, -0.2) is 38.0 Å². The minimum absolute atomic E-state index is 0. The summed E-state index contributed by atoms with van der Waals surface area (Å²) in [5, 5.41) is 0. The van der Waals surface area contributed by atoms with E-state index in [9.17, 15) is 0 Å². The smallest absolute Gasteiger partial charge is 0.161 e. The monoisotopic (exact) mass is 604 g/mol. The first-order valence-electron chi connectivity index (χ1n) is 13.0. The molecule has 41 heavy (non-hydrogen) atoms. The zero-order valence-electron chi connectivity index (χ0n) is 24.8. The number of methoxy groups -OCH3 is 2. The minimum Gasteiger partial charge on any atom is -0.493 e. The summed E-state index contributed by atoms with van der Waals surface area (Å²) in [6, 6.07) is 17.6. The van der Waals surface area contributed by atoms with Crippen LogP contribution < -0.4 is 30.4 Å². The van der Waals surface area contributed by atoms with E-state index in [-0.39, 0.29) is 36.9 Å². The molecule has 0 aliphatic carbocycles. The van der Waals surface area contributed by atoms with Gasteiger partial charge in [0, 0.05) is 23.2 Å². The molecule has 0 fully saturated rings. The van der Waals surface area contributed by atoms with Crippen molar-refractivity contribution < 1.29 is 18.9 Å². The van der Waals surface area contributed by atoms with E-state index in [0.29, 0.717) is 47.9 Å². The van der Waals surface area contributed by atoms with Crippen molar-refractivity contribution in [2.24, 2.45) is 21.5 Å². The van der Waals surface area contributed by atoms with Crippen LogP contribution in [0.25, 0.3) is 0 Å². The number of aliphatic imine (C=N–C) groups is 2. The molecule has 0 aromatic heterocycles. The van der Waals surface area contributed by atoms with Crippen LogP contribution in [0.3, 0.4) is 0 Å². The summed E-state index contributed by atoms with van der Waals surface area (Å²) in [6.45, 7) is 10.7. The summed E-state index contributed by atoms with van der Waals surface area (Å²) < 4.78 is 23.3. The van der Waals surface area contributed by atoms with Gasteiger partial charge in [-0.25, -0.2) is 0 Å². The van der Waals surface area contributed by atoms with Gasteiger partial charge >= 0.3 is 0 Å². The lowest BCUT2D eigenvalue weighted by molar-refractivity contribution is 0.279. The second-order valence-corrected chi connectivity index (χ2v) is 9.85. The predicted octanol–water partition coefficient (Wildman–Crippen LogP) is 6.24. The van der Waals surface area contributed by atoms with E-state index in [2.05, 4.69) is 28.2 Å². The first-order chi connectivity index (χ1) is 18.6. The number of ether oxygens (including phenoxy) is 4. The second-order valence-electron chi connectivity index (χ2n) is 9.85. The van der Waals surface area contributed by atoms with Crippen LogP contribution in [0.4, 0.5) is 0 Å². The molecule has 0 unspecified atom stereocenters. The van der Waals surface area contributed by atoms with Gasteiger partial charge in [0.1, 0.15) is 24.9 Å². The Hall–Kier alpha value is -3.62. The topological polar surface area (TPSA) is 114 Å². The number of nitrogens with two attached hydrogens (primary N) is 2. The van der Waals surface area contributed by atoms with Crippen LogP contribution in [0.15, 0.2) is 64.6 Å². The van der Waals surface area contributed by atoms with Crippen LogP contribution in [-0.2, 0) is 13.2 Å². The van der Waals surface area contributed by atoms with Crippen LogP contribution in [0.5, 0.6) is 23.0 Å². The Balaban J connectivity index is 0.00000420. The van der Waals surface area contributed by atoms with Crippen LogP contribution in [0.1, 0.15) is 55.5 Å². The largest absolute Gasteiger partial charge is 0.493 e. The molecular weight excluding hydrogens is 563 g/mol. The average molecular weight is 606 g/mol. The van der Waals surface area contributed by atoms with Gasteiger partial charge in [0.25, 0.3) is 0 Å². The number of rotatable bonds is 12. The Morgan fingerprint density at radius 2 is 1.02 bits per heavy atom. The van der Waals surface area contributed by atoms with Gasteiger partial charge < -0.3 is 30.4 Å². The third kappa shape index (κ3) is 10.4. The molecule has 0 heterocycles. The van der Waals surface area contributed by atoms with Crippen LogP contribution in [0, 0.1) is 6.92 Å². The van der Waals surface area contributed by atoms with Gasteiger partial charge in [0.2, 0.25) is 0 Å². The van der Waals surface area contributed by atoms with Crippen molar-refractivity contribution in [3.63, 3.8) is 0 Å². The molecule has 0 aliphatic rings. The van der Waals surface area contributed by atoms with Gasteiger partial charge in [-0.05, 0) is 88.2 Å². The fraction of sp³-hybridized carbons (Fsp3) is 0.355. The van der Waals surface area contributed by atoms with E-state index in [1.165, 1.54) is 0 Å². The molecule has 0 amide bonds. The molecule has 224 valence electrons. The quantitative estimate of drug-likeness (QED) is 0.187. The van der Waals surface area contributed by atoms with Crippen molar-refractivity contribution in [2.75, 3.05) is 14.2 Å². The summed E-state index contributed by atoms with van der Waals surface area (Å²) in [5.41, 5.74) is 17.0. The van der Waals surface area contributed by atoms with Gasteiger partial charge in [0.15, 0.2) is 23.0 Å². The zero-order valence-corrected chi connectivity index (χ0v) is 26.4. The molecule has 0 saturated carbocycles. The molecule has 0 aliphatic heterocycles. The molecular formula is C31H42Cl2N4O4. The summed E-state index contributed by atoms with van der Waals surface area (Å²) in [5.74, 6) is 3.39. The van der Waals surface area contributed by atoms with Crippen molar-refractivity contribution in [1.82, 2.24) is 0 Å². The Labute approximate surface area is 256 Å². The van der Waals surface area contributed by atoms with Gasteiger partial charge in [0.05, 0.1) is 14.2 Å². The predicted molar refractivity (Wildman–Crippen MR) is 172 cm³/mol. The third-order valence-corrected chi connectivity index (χ3v) is 5.70. The van der Waals surface area contributed by atoms with Crippen molar-refractivity contribution in [1.29, 1.82) is 0 Å². The number of halogens is 2. The van der Waals surface area contributed by atoms with E-state index >= 15 is 0 Å². The van der Waals surface area contributed by atoms with Gasteiger partial charge in [-0.1, -0.05) is 17.7 Å². The molecule has 3 aromatic carbocycles. The standard InChI is InChI=1S/C31H40N4O4.2ClH/c1-19(2)34-30(32)24-8-10-26(28(15-24)36-6)38-17-22-12-21(5)13-23(14-22)18-39-27-11-9-25(16-29(27)37-7)31(33)35-20(3)4;;/h8-16,19-20H,17-18H2,1-7H3,(H2,32,34)(H2,33,35);2*1H. The third-order valence-electron chi connectivity index (χ3n) is 5.70. The Kier molecular flexibility index (Phi) is 14.3. The summed E-state index contributed by atoms with van der Waals surface area (Å²) in [6.07, 6.45) is 0. The molecule has 0 spiro atoms. The minimum atomic E-state index is 0. The molecule has 0 saturated heterocycles. The molecule has 10 heteroatoms. The average Bonchev–Trinajstić information content (AvgIpc) is 2.89. The van der Waals surface area contributed by atoms with Gasteiger partial charge in [-0.3, -0.25) is 9.98 Å². The molecule has 8 nitrogen and oxygen atoms in total. The van der Waals surface area contributed by atoms with Crippen molar-refractivity contribution in [2.45, 2.75) is 59.9 Å². The van der Waals surface area contributed by atoms with Crippen molar-refractivity contribution >= 4 is 36.5 Å². The Morgan fingerprint density at radius 3 is 1.37 bits per heavy atom. The van der Waals surface area contributed by atoms with Crippen LogP contribution in [0.2, 0.25) is 0 Å². The fourth-order valence-corrected chi connectivity index (χ4v) is 4.03. The van der Waals surface area contributed by atoms with E-state index in [4.69, 9.17) is 30.4 Å². The highest BCUT2D eigenvalue weighted by Gasteiger charge is 2.12. The highest BCUT2D eigenvalue weighted by molar-refractivity contribution is 5.98. The number of amidine groups is 2. The highest BCUT2D eigenvalue weighted by atomic mass is 35.5. The summed E-state index contributed by atoms with van der Waals surface area (Å²) >= 11 is 0. The molecule has 0 radical (unpaired) electrons. The molecule has 4 N–H and O–H groups in total. The number of benzene rings is 3. The lowest BCUT2D eigenvalue weighted by Crippen LogP contribution is -2.16. The van der Waals surface area contributed by atoms with E-state index in [1.54, 1.807) is 14.2 Å². The Morgan fingerprint density at radius 1 is 0.634 bits per heavy atom. The molecule has 3 aromatic rings. The molecule has 0 bridgehead atoms. The normalized spacial score (nSPS) is 11.5. The Bertz CT molecular complexity index is 1250. The second kappa shape index (κ2) is 16.6. The van der Waals surface area contributed by atoms with Gasteiger partial charge in [-0.2, -0.15) is 0 Å². The summed E-state index contributed by atoms with van der Waals surface area (Å²) in [7, 11) is 3.21. The maximum absolute atomic E-state index is 6.12. The SMILES string of the molecule is COc1cc(C(N)=NC(C)C)ccc1OCc1cc(C)cc(COc2ccc(C(N)=NC(C)C)cc2OC)c1.Cl.Cl. The van der Waals surface area contributed by atoms with E-state index < -0.39 is 0 Å². The number of aryl methyl sites for hydroxylation is 1. The molecule has 3 rings (SSSR count). The lowest BCUT2D eigenvalue weighted by atomic mass is 10.1. The maximum atomic E-state index is 6.12. The zero-order chi connectivity index (χ0) is 28.5. The van der Waals surface area contributed by atoms with Crippen molar-refractivity contribution in [3.05, 3.63) is 82.4 Å². The van der Waals surface area contributed by atoms with E-state index in [1.807, 2.05) is 71.0 Å². The number of nitrogens with zero attached hydrogens (tertiary/aromatic N) is 2. The number of hydrogen-bond donors (Lipinski definition) is 2. The maximum Gasteiger partial charge on any atom is 0.161 e. The first kappa shape index (κ1) is 35.4. The van der Waals surface area contributed by atoms with Crippen molar-refractivity contribution in [3.8, 4) is 23.0 Å². The van der Waals surface area contributed by atoms with E-state index in [0.717, 1.165) is 27.8 Å². The first-order valence-corrected chi connectivity index (χ1v) is 13.0. The summed E-state index contributed by atoms with van der Waals surface area (Å²) in [4.78, 5) is 8.81. The lowest BCUT2D eigenvalue weighted by Gasteiger charge is -2.15. The highest BCUT2D eigenvalue weighted by Crippen LogP contribution is 2.30.